The molecule has 8 nitrogen and oxygen atoms in total. The van der Waals surface area contributed by atoms with Gasteiger partial charge in [0.05, 0.1) is 13.2 Å². The highest BCUT2D eigenvalue weighted by Gasteiger charge is 2.22. The molecule has 2 aromatic rings. The number of aliphatic hydroxyl groups is 1. The maximum Gasteiger partial charge on any atom is 0.260 e. The molecule has 1 fully saturated rings. The first-order valence-corrected chi connectivity index (χ1v) is 11.8. The van der Waals surface area contributed by atoms with Gasteiger partial charge in [-0.1, -0.05) is 6.07 Å². The molecule has 1 saturated heterocycles. The minimum absolute atomic E-state index is 0.00539. The normalized spacial score (nSPS) is 16.9. The monoisotopic (exact) mass is 467 g/mol. The van der Waals surface area contributed by atoms with Crippen LogP contribution in [0.2, 0.25) is 0 Å². The lowest BCUT2D eigenvalue weighted by Crippen LogP contribution is -2.46. The molecule has 182 valence electrons. The van der Waals surface area contributed by atoms with Gasteiger partial charge >= 0.3 is 0 Å². The molecule has 2 aromatic carbocycles. The molecule has 0 unspecified atom stereocenters. The Morgan fingerprint density at radius 2 is 1.74 bits per heavy atom. The van der Waals surface area contributed by atoms with E-state index >= 15 is 0 Å². The quantitative estimate of drug-likeness (QED) is 0.593. The Bertz CT molecular complexity index is 986. The van der Waals surface area contributed by atoms with Crippen LogP contribution in [-0.2, 0) is 17.9 Å². The highest BCUT2D eigenvalue weighted by Crippen LogP contribution is 2.25. The predicted octanol–water partition coefficient (Wildman–Crippen LogP) is 1.80. The largest absolute Gasteiger partial charge is 0.491 e. The van der Waals surface area contributed by atoms with E-state index in [0.717, 1.165) is 50.6 Å². The number of nitrogens with zero attached hydrogens (tertiary/aromatic N) is 3. The van der Waals surface area contributed by atoms with E-state index in [1.54, 1.807) is 29.2 Å². The van der Waals surface area contributed by atoms with E-state index in [1.807, 2.05) is 6.07 Å². The van der Waals surface area contributed by atoms with Crippen molar-refractivity contribution in [1.82, 2.24) is 14.7 Å². The standard InChI is InChI=1S/C26H33N3O5/c1-20(31)22-3-5-24(6-4-22)34-19-26(32)29-13-15-33-25-7-2-21(16-23(25)18-29)17-28-10-8-27(9-11-28)12-14-30/h2-7,16,30H,8-15,17-19H2,1H3. The van der Waals surface area contributed by atoms with Crippen LogP contribution >= 0.6 is 0 Å². The number of β-amino-alcohol motifs (C(OH)–C–C–N with tert-alkyl or cyclic N) is 1. The third kappa shape index (κ3) is 6.34. The van der Waals surface area contributed by atoms with Gasteiger partial charge in [-0.3, -0.25) is 19.4 Å². The van der Waals surface area contributed by atoms with Gasteiger partial charge in [-0.2, -0.15) is 0 Å². The molecule has 34 heavy (non-hydrogen) atoms. The third-order valence-electron chi connectivity index (χ3n) is 6.37. The zero-order valence-corrected chi connectivity index (χ0v) is 19.7. The van der Waals surface area contributed by atoms with Crippen molar-refractivity contribution in [2.75, 3.05) is 59.1 Å². The summed E-state index contributed by atoms with van der Waals surface area (Å²) in [5.74, 6) is 1.28. The number of ether oxygens (including phenoxy) is 2. The van der Waals surface area contributed by atoms with Crippen molar-refractivity contribution in [3.63, 3.8) is 0 Å². The van der Waals surface area contributed by atoms with Crippen molar-refractivity contribution >= 4 is 11.7 Å². The molecule has 0 aliphatic carbocycles. The second-order valence-corrected chi connectivity index (χ2v) is 8.82. The molecule has 0 radical (unpaired) electrons. The fraction of sp³-hybridized carbons (Fsp3) is 0.462. The Balaban J connectivity index is 1.33. The zero-order chi connectivity index (χ0) is 23.9. The number of aliphatic hydroxyl groups excluding tert-OH is 1. The number of carbonyl (C=O) groups excluding carboxylic acids is 2. The number of piperazine rings is 1. The first-order valence-electron chi connectivity index (χ1n) is 11.8. The summed E-state index contributed by atoms with van der Waals surface area (Å²) < 4.78 is 11.6. The van der Waals surface area contributed by atoms with Gasteiger partial charge in [0.25, 0.3) is 5.91 Å². The van der Waals surface area contributed by atoms with Crippen molar-refractivity contribution in [1.29, 1.82) is 0 Å². The van der Waals surface area contributed by atoms with Crippen molar-refractivity contribution < 1.29 is 24.2 Å². The van der Waals surface area contributed by atoms with Crippen LogP contribution < -0.4 is 9.47 Å². The van der Waals surface area contributed by atoms with E-state index in [9.17, 15) is 9.59 Å². The second kappa shape index (κ2) is 11.5. The van der Waals surface area contributed by atoms with E-state index in [4.69, 9.17) is 14.6 Å². The van der Waals surface area contributed by atoms with Crippen LogP contribution in [0.15, 0.2) is 42.5 Å². The van der Waals surface area contributed by atoms with Crippen molar-refractivity contribution in [2.45, 2.75) is 20.0 Å². The maximum absolute atomic E-state index is 12.9. The average Bonchev–Trinajstić information content (AvgIpc) is 3.06. The van der Waals surface area contributed by atoms with Gasteiger partial charge in [0.15, 0.2) is 12.4 Å². The average molecular weight is 468 g/mol. The van der Waals surface area contributed by atoms with Gasteiger partial charge in [-0.25, -0.2) is 0 Å². The van der Waals surface area contributed by atoms with Crippen LogP contribution in [0.1, 0.15) is 28.4 Å². The summed E-state index contributed by atoms with van der Waals surface area (Å²) >= 11 is 0. The number of hydrogen-bond donors (Lipinski definition) is 1. The van der Waals surface area contributed by atoms with Crippen LogP contribution in [0.3, 0.4) is 0 Å². The van der Waals surface area contributed by atoms with Gasteiger partial charge in [0.1, 0.15) is 18.1 Å². The molecule has 0 bridgehead atoms. The molecule has 0 spiro atoms. The van der Waals surface area contributed by atoms with E-state index in [0.29, 0.717) is 31.0 Å². The molecule has 0 atom stereocenters. The minimum atomic E-state index is -0.0995. The molecule has 1 N–H and O–H groups in total. The molecule has 2 aliphatic heterocycles. The molecule has 1 amide bonds. The van der Waals surface area contributed by atoms with Gasteiger partial charge in [-0.15, -0.1) is 0 Å². The summed E-state index contributed by atoms with van der Waals surface area (Å²) in [7, 11) is 0. The molecule has 2 aliphatic rings. The van der Waals surface area contributed by atoms with Crippen molar-refractivity contribution in [2.24, 2.45) is 0 Å². The molecular weight excluding hydrogens is 434 g/mol. The first kappa shape index (κ1) is 24.2. The number of rotatable bonds is 8. The van der Waals surface area contributed by atoms with Crippen LogP contribution in [-0.4, -0.2) is 90.6 Å². The Kier molecular flexibility index (Phi) is 8.16. The Morgan fingerprint density at radius 1 is 1.00 bits per heavy atom. The summed E-state index contributed by atoms with van der Waals surface area (Å²) in [5.41, 5.74) is 2.82. The highest BCUT2D eigenvalue weighted by molar-refractivity contribution is 5.94. The number of Topliss-reactive ketones (excluding diaryl/α,β-unsaturated/α-hetero) is 1. The van der Waals surface area contributed by atoms with Gasteiger partial charge in [0, 0.05) is 56.9 Å². The van der Waals surface area contributed by atoms with E-state index in [2.05, 4.69) is 21.9 Å². The fourth-order valence-electron chi connectivity index (χ4n) is 4.35. The minimum Gasteiger partial charge on any atom is -0.491 e. The Labute approximate surface area is 200 Å². The summed E-state index contributed by atoms with van der Waals surface area (Å²) in [6.07, 6.45) is 0. The number of benzene rings is 2. The lowest BCUT2D eigenvalue weighted by molar-refractivity contribution is -0.134. The number of carbonyl (C=O) groups is 2. The van der Waals surface area contributed by atoms with E-state index in [1.165, 1.54) is 12.5 Å². The van der Waals surface area contributed by atoms with Crippen molar-refractivity contribution in [3.8, 4) is 11.5 Å². The maximum atomic E-state index is 12.9. The number of hydrogen-bond acceptors (Lipinski definition) is 7. The summed E-state index contributed by atoms with van der Waals surface area (Å²) in [6.45, 7) is 8.57. The lowest BCUT2D eigenvalue weighted by atomic mass is 10.1. The van der Waals surface area contributed by atoms with E-state index < -0.39 is 0 Å². The Hall–Kier alpha value is -2.94. The molecule has 4 rings (SSSR count). The SMILES string of the molecule is CC(=O)c1ccc(OCC(=O)N2CCOc3ccc(CN4CCN(CCO)CC4)cc3C2)cc1. The zero-order valence-electron chi connectivity index (χ0n) is 19.7. The first-order chi connectivity index (χ1) is 16.5. The summed E-state index contributed by atoms with van der Waals surface area (Å²) in [4.78, 5) is 30.7. The molecule has 2 heterocycles. The molecule has 8 heteroatoms. The molecule has 0 aromatic heterocycles. The fourth-order valence-corrected chi connectivity index (χ4v) is 4.35. The second-order valence-electron chi connectivity index (χ2n) is 8.82. The number of amides is 1. The molecular formula is C26H33N3O5. The summed E-state index contributed by atoms with van der Waals surface area (Å²) in [6, 6.07) is 13.1. The molecule has 0 saturated carbocycles. The number of ketones is 1. The Morgan fingerprint density at radius 3 is 2.44 bits per heavy atom. The van der Waals surface area contributed by atoms with Crippen LogP contribution in [0.4, 0.5) is 0 Å². The third-order valence-corrected chi connectivity index (χ3v) is 6.37. The highest BCUT2D eigenvalue weighted by atomic mass is 16.5. The van der Waals surface area contributed by atoms with Crippen molar-refractivity contribution in [3.05, 3.63) is 59.2 Å². The van der Waals surface area contributed by atoms with Crippen LogP contribution in [0.25, 0.3) is 0 Å². The number of fused-ring (bicyclic) bond motifs is 1. The van der Waals surface area contributed by atoms with Crippen LogP contribution in [0.5, 0.6) is 11.5 Å². The predicted molar refractivity (Wildman–Crippen MR) is 128 cm³/mol. The van der Waals surface area contributed by atoms with Crippen LogP contribution in [0, 0.1) is 0 Å². The van der Waals surface area contributed by atoms with E-state index in [-0.39, 0.29) is 24.9 Å². The van der Waals surface area contributed by atoms with Gasteiger partial charge in [-0.05, 0) is 48.9 Å². The van der Waals surface area contributed by atoms with Gasteiger partial charge < -0.3 is 19.5 Å². The van der Waals surface area contributed by atoms with Gasteiger partial charge in [0.2, 0.25) is 0 Å². The smallest absolute Gasteiger partial charge is 0.260 e. The summed E-state index contributed by atoms with van der Waals surface area (Å²) in [5, 5.41) is 9.12. The lowest BCUT2D eigenvalue weighted by Gasteiger charge is -2.34. The topological polar surface area (TPSA) is 82.6 Å².